The molecule has 8 bridgehead atoms. The smallest absolute Gasteiger partial charge is 0.338 e. The first-order chi connectivity index (χ1) is 31.8. The van der Waals surface area contributed by atoms with Gasteiger partial charge in [0.05, 0.1) is 49.9 Å². The highest BCUT2D eigenvalue weighted by atomic mass is 32.2. The largest absolute Gasteiger partial charge is 0.462 e. The average molecular weight is 965 g/mol. The molecule has 10 rings (SSSR count). The number of hydrogen-bond donors (Lipinski definition) is 1. The number of benzene rings is 5. The Balaban J connectivity index is 1.44. The Morgan fingerprint density at radius 3 is 1.58 bits per heavy atom. The summed E-state index contributed by atoms with van der Waals surface area (Å²) in [6.07, 6.45) is 0. The molecule has 0 amide bonds. The van der Waals surface area contributed by atoms with E-state index in [1.54, 1.807) is 0 Å². The third-order valence-corrected chi connectivity index (χ3v) is 11.4. The zero-order chi connectivity index (χ0) is 47.8. The lowest BCUT2D eigenvalue weighted by atomic mass is 10.1. The number of carbonyl (C=O) groups is 1. The van der Waals surface area contributed by atoms with Crippen molar-refractivity contribution in [3.8, 4) is 45.6 Å². The molecule has 1 N–H and O–H groups in total. The maximum absolute atomic E-state index is 16.6. The Morgan fingerprint density at radius 1 is 0.537 bits per heavy atom. The van der Waals surface area contributed by atoms with Crippen molar-refractivity contribution in [2.24, 2.45) is 0 Å². The minimum absolute atomic E-state index is 0.00787. The molecule has 0 saturated carbocycles. The van der Waals surface area contributed by atoms with E-state index in [1.165, 1.54) is 31.2 Å². The van der Waals surface area contributed by atoms with E-state index < -0.39 is 187 Å². The molecule has 2 aliphatic rings. The lowest BCUT2D eigenvalue weighted by Gasteiger charge is -2.09. The van der Waals surface area contributed by atoms with Crippen molar-refractivity contribution in [3.05, 3.63) is 117 Å². The fraction of sp³-hybridized carbons (Fsp3) is 0.0488. The lowest BCUT2D eigenvalue weighted by Crippen LogP contribution is -2.04. The highest BCUT2D eigenvalue weighted by molar-refractivity contribution is 7.99. The van der Waals surface area contributed by atoms with Gasteiger partial charge in [-0.05, 0) is 37.3 Å². The molecule has 26 heteroatoms. The Bertz CT molecular complexity index is 3790. The topological polar surface area (TPSA) is 124 Å². The molecule has 5 heterocycles. The number of halogens is 15. The van der Waals surface area contributed by atoms with Gasteiger partial charge in [-0.25, -0.2) is 96.2 Å². The van der Waals surface area contributed by atoms with E-state index in [-0.39, 0.29) is 23.1 Å². The molecule has 3 aromatic heterocycles. The maximum Gasteiger partial charge on any atom is 0.338 e. The predicted molar refractivity (Wildman–Crippen MR) is 202 cm³/mol. The third-order valence-electron chi connectivity index (χ3n) is 10.3. The fourth-order valence-electron chi connectivity index (χ4n) is 7.34. The summed E-state index contributed by atoms with van der Waals surface area (Å²) < 4.78 is 238. The van der Waals surface area contributed by atoms with Crippen LogP contribution in [0, 0.1) is 81.4 Å². The summed E-state index contributed by atoms with van der Waals surface area (Å²) >= 11 is 0.329. The molecule has 0 radical (unpaired) electrons. The van der Waals surface area contributed by atoms with Crippen molar-refractivity contribution < 1.29 is 75.5 Å². The predicted octanol–water partition coefficient (Wildman–Crippen LogP) is 11.4. The number of ether oxygens (including phenoxy) is 1. The van der Waals surface area contributed by atoms with E-state index in [0.29, 0.717) is 11.8 Å². The van der Waals surface area contributed by atoms with E-state index in [2.05, 4.69) is 34.9 Å². The first-order valence-electron chi connectivity index (χ1n) is 18.4. The van der Waals surface area contributed by atoms with Crippen LogP contribution in [-0.2, 0) is 4.74 Å². The van der Waals surface area contributed by atoms with Crippen LogP contribution in [0.3, 0.4) is 0 Å². The van der Waals surface area contributed by atoms with E-state index in [1.807, 2.05) is 0 Å². The molecule has 338 valence electrons. The number of rotatable bonds is 4. The van der Waals surface area contributed by atoms with Gasteiger partial charge in [0.2, 0.25) is 0 Å². The molecular formula is C41H11F15N8O2S. The number of aromatic amines is 1. The second-order valence-electron chi connectivity index (χ2n) is 14.0. The second kappa shape index (κ2) is 15.1. The number of nitrogens with one attached hydrogen (secondary N) is 1. The number of hydrogen-bond acceptors (Lipinski definition) is 9. The van der Waals surface area contributed by atoms with E-state index in [9.17, 15) is 31.1 Å². The van der Waals surface area contributed by atoms with Crippen LogP contribution in [0.25, 0.3) is 89.7 Å². The molecular weight excluding hydrogens is 954 g/mol. The molecule has 0 fully saturated rings. The Kier molecular flexibility index (Phi) is 9.75. The number of carbonyl (C=O) groups excluding carboxylic acids is 1. The van der Waals surface area contributed by atoms with E-state index in [0.717, 1.165) is 0 Å². The Hall–Kier alpha value is -7.77. The molecule has 0 spiro atoms. The molecule has 0 unspecified atom stereocenters. The van der Waals surface area contributed by atoms with Gasteiger partial charge in [-0.2, -0.15) is 0 Å². The van der Waals surface area contributed by atoms with Gasteiger partial charge in [-0.15, -0.1) is 4.79 Å². The minimum atomic E-state index is -2.63. The van der Waals surface area contributed by atoms with E-state index in [4.69, 9.17) is 4.74 Å². The van der Waals surface area contributed by atoms with Gasteiger partial charge in [0.1, 0.15) is 11.3 Å². The normalized spacial score (nSPS) is 12.1. The molecule has 2 aliphatic heterocycles. The summed E-state index contributed by atoms with van der Waals surface area (Å²) in [5, 5.41) is -5.38. The van der Waals surface area contributed by atoms with Crippen molar-refractivity contribution in [2.75, 3.05) is 6.61 Å². The summed E-state index contributed by atoms with van der Waals surface area (Å²) in [6, 6.07) is 5.06. The van der Waals surface area contributed by atoms with Gasteiger partial charge in [-0.1, -0.05) is 16.2 Å². The standard InChI is InChI=1S/C41H11F15N8O2S/c1-2-66-41(65)8-3-5-9(6-4-8)67-32-18-15(23(47)30(54)31(32)55)36-59-35-13-14(22(46)27(51)26(50)21(13)45)37(60-35)63-40-17-16(24(48)28(52)29(53)25(17)49)39(64(40)56)62-34-12-10(7-11(42)19(43)20(12)44)33(57-34)58-38(18)61-36/h3-7H,2H2,1H3,(H,57,58,59,60,61,62,63). The van der Waals surface area contributed by atoms with Gasteiger partial charge < -0.3 is 9.72 Å². The molecule has 5 aromatic carbocycles. The van der Waals surface area contributed by atoms with Crippen LogP contribution in [0.2, 0.25) is 0 Å². The highest BCUT2D eigenvalue weighted by Crippen LogP contribution is 2.46. The maximum atomic E-state index is 16.6. The Morgan fingerprint density at radius 2 is 1.00 bits per heavy atom. The zero-order valence-electron chi connectivity index (χ0n) is 32.1. The summed E-state index contributed by atoms with van der Waals surface area (Å²) in [4.78, 5) is 35.2. The van der Waals surface area contributed by atoms with Crippen LogP contribution in [-0.4, -0.2) is 52.3 Å². The van der Waals surface area contributed by atoms with Crippen molar-refractivity contribution in [2.45, 2.75) is 16.7 Å². The SMILES string of the molecule is CCOC(=O)c1ccc(Sc2c(F)c(F)c(F)c3c4nc5nc(nc6c7c(F)c(F)c(F)c(F)c7c(nc7nc(nc([nH]4)c23)-c2cc(F)c(F)c(F)c2-7)n6F)-c2c(F)c(F)c(F)c(F)c2-5)cc1. The Labute approximate surface area is 362 Å². The summed E-state index contributed by atoms with van der Waals surface area (Å²) in [5.41, 5.74) is -10.8. The first kappa shape index (κ1) is 43.1. The number of fused-ring (bicyclic) bond motifs is 20. The van der Waals surface area contributed by atoms with Crippen molar-refractivity contribution in [1.82, 2.24) is 39.7 Å². The lowest BCUT2D eigenvalue weighted by molar-refractivity contribution is 0.0526. The summed E-state index contributed by atoms with van der Waals surface area (Å²) in [7, 11) is 0. The second-order valence-corrected chi connectivity index (χ2v) is 15.1. The van der Waals surface area contributed by atoms with Crippen LogP contribution >= 0.6 is 11.8 Å². The molecule has 10 nitrogen and oxygen atoms in total. The molecule has 67 heavy (non-hydrogen) atoms. The van der Waals surface area contributed by atoms with Crippen LogP contribution in [0.1, 0.15) is 17.3 Å². The fourth-order valence-corrected chi connectivity index (χ4v) is 8.33. The quantitative estimate of drug-likeness (QED) is 0.0794. The van der Waals surface area contributed by atoms with Gasteiger partial charge in [0.15, 0.2) is 116 Å². The number of aromatic nitrogens is 8. The summed E-state index contributed by atoms with van der Waals surface area (Å²) in [6.45, 7) is 1.51. The van der Waals surface area contributed by atoms with Gasteiger partial charge in [0, 0.05) is 15.8 Å². The van der Waals surface area contributed by atoms with Crippen LogP contribution in [0.5, 0.6) is 0 Å². The molecule has 8 aromatic rings. The van der Waals surface area contributed by atoms with Gasteiger partial charge in [-0.3, -0.25) is 0 Å². The number of esters is 1. The van der Waals surface area contributed by atoms with Crippen molar-refractivity contribution in [1.29, 1.82) is 0 Å². The number of H-pyrrole nitrogens is 1. The monoisotopic (exact) mass is 964 g/mol. The van der Waals surface area contributed by atoms with E-state index >= 15 is 39.6 Å². The average Bonchev–Trinajstić information content (AvgIpc) is 4.03. The summed E-state index contributed by atoms with van der Waals surface area (Å²) in [5.74, 6) is -38.6. The van der Waals surface area contributed by atoms with Crippen LogP contribution < -0.4 is 0 Å². The highest BCUT2D eigenvalue weighted by Gasteiger charge is 2.37. The van der Waals surface area contributed by atoms with Gasteiger partial charge in [0.25, 0.3) is 0 Å². The van der Waals surface area contributed by atoms with Crippen LogP contribution in [0.15, 0.2) is 40.1 Å². The first-order valence-corrected chi connectivity index (χ1v) is 19.2. The van der Waals surface area contributed by atoms with Crippen molar-refractivity contribution in [3.63, 3.8) is 0 Å². The van der Waals surface area contributed by atoms with Crippen molar-refractivity contribution >= 4 is 61.9 Å². The van der Waals surface area contributed by atoms with Gasteiger partial charge >= 0.3 is 5.97 Å². The molecule has 0 atom stereocenters. The molecule has 0 aliphatic carbocycles. The number of nitrogens with zero attached hydrogens (tertiary/aromatic N) is 7. The van der Waals surface area contributed by atoms with Crippen LogP contribution in [0.4, 0.5) is 65.9 Å². The minimum Gasteiger partial charge on any atom is -0.462 e. The zero-order valence-corrected chi connectivity index (χ0v) is 32.9. The third kappa shape index (κ3) is 6.14. The molecule has 0 saturated heterocycles.